The third-order valence-electron chi connectivity index (χ3n) is 2.92. The second-order valence-electron chi connectivity index (χ2n) is 6.55. The summed E-state index contributed by atoms with van der Waals surface area (Å²) in [5, 5.41) is 0. The van der Waals surface area contributed by atoms with Crippen LogP contribution in [0.15, 0.2) is 24.8 Å². The fourth-order valence-electron chi connectivity index (χ4n) is 1.64. The average Bonchev–Trinajstić information content (AvgIpc) is 2.14. The van der Waals surface area contributed by atoms with Gasteiger partial charge >= 0.3 is 110 Å². The molecule has 1 rings (SSSR count). The monoisotopic (exact) mass is 432 g/mol. The van der Waals surface area contributed by atoms with Crippen molar-refractivity contribution in [2.75, 3.05) is 0 Å². The summed E-state index contributed by atoms with van der Waals surface area (Å²) in [6.45, 7) is 3.92. The summed E-state index contributed by atoms with van der Waals surface area (Å²) in [5.41, 5.74) is 1.32. The van der Waals surface area contributed by atoms with E-state index in [-0.39, 0.29) is 0 Å². The average molecular weight is 430 g/mol. The SMILES string of the molecule is C=Cc1c[c]([Sn]([CH3])([CH3])[CH3])c[c]([Sn]([CH3])([CH3])[CH3])c1. The van der Waals surface area contributed by atoms with Gasteiger partial charge in [-0.2, -0.15) is 0 Å². The van der Waals surface area contributed by atoms with Gasteiger partial charge in [0.05, 0.1) is 0 Å². The summed E-state index contributed by atoms with van der Waals surface area (Å²) in [6, 6.07) is 7.24. The minimum atomic E-state index is -1.94. The van der Waals surface area contributed by atoms with Crippen LogP contribution in [0.2, 0.25) is 29.6 Å². The van der Waals surface area contributed by atoms with E-state index in [0.29, 0.717) is 0 Å². The maximum atomic E-state index is 3.92. The molecular weight excluding hydrogens is 406 g/mol. The molecule has 2 heteroatoms. The van der Waals surface area contributed by atoms with Crippen LogP contribution in [0.1, 0.15) is 5.56 Å². The molecule has 0 N–H and O–H groups in total. The topological polar surface area (TPSA) is 0 Å². The molecule has 16 heavy (non-hydrogen) atoms. The van der Waals surface area contributed by atoms with Crippen LogP contribution in [0.3, 0.4) is 0 Å². The van der Waals surface area contributed by atoms with Crippen molar-refractivity contribution in [1.29, 1.82) is 0 Å². The molecule has 0 aromatic heterocycles. The van der Waals surface area contributed by atoms with Crippen molar-refractivity contribution in [3.63, 3.8) is 0 Å². The van der Waals surface area contributed by atoms with Gasteiger partial charge in [-0.3, -0.25) is 0 Å². The summed E-state index contributed by atoms with van der Waals surface area (Å²) >= 11 is -3.88. The normalized spacial score (nSPS) is 12.6. The summed E-state index contributed by atoms with van der Waals surface area (Å²) < 4.78 is 3.29. The van der Waals surface area contributed by atoms with Crippen molar-refractivity contribution in [3.8, 4) is 0 Å². The standard InChI is InChI=1S/C8H6.6CH3.2Sn/c1-2-8-6-4-3-5-7-8;;;;;;;;/h2-3,6-7H,1H2;6*1H3;;. The molecule has 0 aliphatic carbocycles. The Kier molecular flexibility index (Phi) is 4.61. The second-order valence-corrected chi connectivity index (χ2v) is 35.5. The Labute approximate surface area is 109 Å². The number of benzene rings is 1. The molecule has 0 bridgehead atoms. The van der Waals surface area contributed by atoms with Crippen LogP contribution in [-0.2, 0) is 0 Å². The fourth-order valence-corrected chi connectivity index (χ4v) is 9.59. The zero-order chi connectivity index (χ0) is 12.6. The van der Waals surface area contributed by atoms with Gasteiger partial charge in [-0.05, 0) is 0 Å². The first-order valence-corrected chi connectivity index (χ1v) is 25.9. The van der Waals surface area contributed by atoms with E-state index in [1.807, 2.05) is 6.08 Å². The molecule has 0 aliphatic rings. The van der Waals surface area contributed by atoms with E-state index in [4.69, 9.17) is 0 Å². The molecule has 0 fully saturated rings. The van der Waals surface area contributed by atoms with Crippen LogP contribution >= 0.6 is 0 Å². The minimum absolute atomic E-state index is 1.32. The quantitative estimate of drug-likeness (QED) is 0.646. The van der Waals surface area contributed by atoms with Crippen LogP contribution in [0.4, 0.5) is 0 Å². The molecule has 0 unspecified atom stereocenters. The Hall–Kier alpha value is 0.557. The Morgan fingerprint density at radius 2 is 1.19 bits per heavy atom. The van der Waals surface area contributed by atoms with Gasteiger partial charge in [0, 0.05) is 0 Å². The van der Waals surface area contributed by atoms with Gasteiger partial charge in [0.15, 0.2) is 0 Å². The van der Waals surface area contributed by atoms with Gasteiger partial charge in [-0.15, -0.1) is 0 Å². The fraction of sp³-hybridized carbons (Fsp3) is 0.429. The van der Waals surface area contributed by atoms with Gasteiger partial charge < -0.3 is 0 Å². The Bertz CT molecular complexity index is 360. The van der Waals surface area contributed by atoms with Crippen molar-refractivity contribution in [2.45, 2.75) is 29.6 Å². The predicted octanol–water partition coefficient (Wildman–Crippen LogP) is 3.42. The first kappa shape index (κ1) is 14.6. The molecule has 0 radical (unpaired) electrons. The molecule has 0 saturated heterocycles. The van der Waals surface area contributed by atoms with Crippen molar-refractivity contribution in [1.82, 2.24) is 0 Å². The number of hydrogen-bond acceptors (Lipinski definition) is 0. The molecular formula is C14H24Sn2. The number of hydrogen-bond donors (Lipinski definition) is 0. The summed E-state index contributed by atoms with van der Waals surface area (Å²) in [5.74, 6) is 0. The van der Waals surface area contributed by atoms with Gasteiger partial charge in [0.2, 0.25) is 0 Å². The molecule has 0 heterocycles. The summed E-state index contributed by atoms with van der Waals surface area (Å²) in [6.07, 6.45) is 2.00. The van der Waals surface area contributed by atoms with Gasteiger partial charge in [-0.25, -0.2) is 0 Å². The molecule has 1 aromatic carbocycles. The van der Waals surface area contributed by atoms with Gasteiger partial charge in [0.25, 0.3) is 0 Å². The van der Waals surface area contributed by atoms with E-state index in [0.717, 1.165) is 0 Å². The molecule has 0 spiro atoms. The van der Waals surface area contributed by atoms with Crippen LogP contribution in [0, 0.1) is 0 Å². The zero-order valence-corrected chi connectivity index (χ0v) is 17.2. The van der Waals surface area contributed by atoms with Gasteiger partial charge in [0.1, 0.15) is 0 Å². The third-order valence-corrected chi connectivity index (χ3v) is 14.5. The van der Waals surface area contributed by atoms with Crippen molar-refractivity contribution >= 4 is 50.0 Å². The summed E-state index contributed by atoms with van der Waals surface area (Å²) in [4.78, 5) is 14.9. The van der Waals surface area contributed by atoms with Crippen LogP contribution < -0.4 is 7.16 Å². The van der Waals surface area contributed by atoms with Crippen molar-refractivity contribution < 1.29 is 0 Å². The molecule has 0 atom stereocenters. The molecule has 0 nitrogen and oxygen atoms in total. The van der Waals surface area contributed by atoms with E-state index in [9.17, 15) is 0 Å². The van der Waals surface area contributed by atoms with Crippen LogP contribution in [0.25, 0.3) is 6.08 Å². The zero-order valence-electron chi connectivity index (χ0n) is 11.5. The maximum absolute atomic E-state index is 3.92. The third kappa shape index (κ3) is 3.79. The van der Waals surface area contributed by atoms with E-state index in [2.05, 4.69) is 54.4 Å². The molecule has 0 saturated carbocycles. The first-order valence-electron chi connectivity index (χ1n) is 5.93. The Balaban J connectivity index is 3.39. The van der Waals surface area contributed by atoms with E-state index < -0.39 is 36.8 Å². The first-order chi connectivity index (χ1) is 7.14. The Morgan fingerprint density at radius 3 is 1.44 bits per heavy atom. The van der Waals surface area contributed by atoms with Gasteiger partial charge in [-0.1, -0.05) is 0 Å². The molecule has 0 aliphatic heterocycles. The summed E-state index contributed by atoms with van der Waals surface area (Å²) in [7, 11) is 0. The van der Waals surface area contributed by atoms with Crippen LogP contribution in [-0.4, -0.2) is 36.8 Å². The molecule has 88 valence electrons. The number of rotatable bonds is 3. The van der Waals surface area contributed by atoms with Crippen molar-refractivity contribution in [2.24, 2.45) is 0 Å². The predicted molar refractivity (Wildman–Crippen MR) is 82.5 cm³/mol. The van der Waals surface area contributed by atoms with E-state index >= 15 is 0 Å². The second kappa shape index (κ2) is 5.05. The Morgan fingerprint density at radius 1 is 0.812 bits per heavy atom. The van der Waals surface area contributed by atoms with Crippen molar-refractivity contribution in [3.05, 3.63) is 30.3 Å². The van der Waals surface area contributed by atoms with E-state index in [1.165, 1.54) is 5.56 Å². The van der Waals surface area contributed by atoms with E-state index in [1.54, 1.807) is 7.16 Å². The molecule has 0 amide bonds. The van der Waals surface area contributed by atoms with Crippen LogP contribution in [0.5, 0.6) is 0 Å². The molecule has 1 aromatic rings.